The number of amides is 1. The number of aryl methyl sites for hydroxylation is 1. The number of hydrogen-bond donors (Lipinski definition) is 1. The van der Waals surface area contributed by atoms with Gasteiger partial charge < -0.3 is 14.6 Å². The van der Waals surface area contributed by atoms with Crippen molar-refractivity contribution in [1.82, 2.24) is 15.5 Å². The maximum atomic E-state index is 12.6. The molecule has 1 aliphatic rings. The highest BCUT2D eigenvalue weighted by atomic mass is 16.5. The Labute approximate surface area is 141 Å². The van der Waals surface area contributed by atoms with Crippen molar-refractivity contribution in [1.29, 1.82) is 0 Å². The van der Waals surface area contributed by atoms with Crippen LogP contribution in [-0.2, 0) is 16.8 Å². The molecule has 0 aliphatic heterocycles. The molecule has 0 atom stereocenters. The highest BCUT2D eigenvalue weighted by Crippen LogP contribution is 2.35. The quantitative estimate of drug-likeness (QED) is 0.912. The van der Waals surface area contributed by atoms with Crippen LogP contribution in [0.4, 0.5) is 0 Å². The Morgan fingerprint density at radius 2 is 1.96 bits per heavy atom. The number of nitrogens with one attached hydrogen (secondary N) is 1. The van der Waals surface area contributed by atoms with Crippen LogP contribution in [0.1, 0.15) is 49.4 Å². The van der Waals surface area contributed by atoms with Crippen LogP contribution in [0.3, 0.4) is 0 Å². The van der Waals surface area contributed by atoms with Gasteiger partial charge in [-0.15, -0.1) is 0 Å². The summed E-state index contributed by atoms with van der Waals surface area (Å²) in [7, 11) is 1.63. The topological polar surface area (TPSA) is 77.2 Å². The molecular formula is C18H23N3O3. The lowest BCUT2D eigenvalue weighted by atomic mass is 9.80. The lowest BCUT2D eigenvalue weighted by Crippen LogP contribution is -2.48. The molecule has 1 aromatic carbocycles. The lowest BCUT2D eigenvalue weighted by molar-refractivity contribution is -0.123. The molecule has 0 saturated heterocycles. The van der Waals surface area contributed by atoms with Gasteiger partial charge in [-0.1, -0.05) is 36.6 Å². The second-order valence-corrected chi connectivity index (χ2v) is 6.35. The number of nitrogens with zero attached hydrogens (tertiary/aromatic N) is 2. The maximum absolute atomic E-state index is 12.6. The summed E-state index contributed by atoms with van der Waals surface area (Å²) < 4.78 is 10.3. The van der Waals surface area contributed by atoms with Gasteiger partial charge in [0.25, 0.3) is 0 Å². The molecule has 0 bridgehead atoms. The van der Waals surface area contributed by atoms with E-state index in [2.05, 4.69) is 15.5 Å². The molecule has 2 aromatic rings. The molecule has 0 spiro atoms. The Morgan fingerprint density at radius 1 is 1.25 bits per heavy atom. The summed E-state index contributed by atoms with van der Waals surface area (Å²) in [6, 6.07) is 7.54. The summed E-state index contributed by atoms with van der Waals surface area (Å²) in [5, 5.41) is 7.26. The van der Waals surface area contributed by atoms with Gasteiger partial charge in [-0.2, -0.15) is 4.98 Å². The van der Waals surface area contributed by atoms with Gasteiger partial charge in [-0.25, -0.2) is 0 Å². The van der Waals surface area contributed by atoms with Gasteiger partial charge in [-0.3, -0.25) is 4.79 Å². The van der Waals surface area contributed by atoms with Crippen LogP contribution in [0.2, 0.25) is 0 Å². The molecule has 3 rings (SSSR count). The monoisotopic (exact) mass is 329 g/mol. The van der Waals surface area contributed by atoms with Crippen LogP contribution in [0, 0.1) is 6.92 Å². The fourth-order valence-corrected chi connectivity index (χ4v) is 3.29. The Bertz CT molecular complexity index is 688. The molecule has 6 nitrogen and oxygen atoms in total. The molecule has 0 unspecified atom stereocenters. The van der Waals surface area contributed by atoms with Crippen molar-refractivity contribution in [2.45, 2.75) is 51.0 Å². The zero-order valence-corrected chi connectivity index (χ0v) is 14.2. The van der Waals surface area contributed by atoms with Gasteiger partial charge in [0.15, 0.2) is 5.82 Å². The highest BCUT2D eigenvalue weighted by molar-refractivity contribution is 5.79. The van der Waals surface area contributed by atoms with Crippen molar-refractivity contribution < 1.29 is 14.1 Å². The van der Waals surface area contributed by atoms with Gasteiger partial charge in [0.05, 0.1) is 13.5 Å². The zero-order valence-electron chi connectivity index (χ0n) is 14.2. The van der Waals surface area contributed by atoms with E-state index < -0.39 is 5.54 Å². The predicted octanol–water partition coefficient (Wildman–Crippen LogP) is 2.90. The molecule has 1 N–H and O–H groups in total. The van der Waals surface area contributed by atoms with E-state index in [4.69, 9.17) is 9.26 Å². The highest BCUT2D eigenvalue weighted by Gasteiger charge is 2.39. The van der Waals surface area contributed by atoms with E-state index >= 15 is 0 Å². The Hall–Kier alpha value is -2.37. The van der Waals surface area contributed by atoms with Gasteiger partial charge in [-0.05, 0) is 30.5 Å². The van der Waals surface area contributed by atoms with E-state index in [-0.39, 0.29) is 5.91 Å². The SMILES string of the molecule is COc1ccc(CC(=O)NC2(c3noc(C)n3)CCCCC2)cc1. The second kappa shape index (κ2) is 7.03. The van der Waals surface area contributed by atoms with Gasteiger partial charge >= 0.3 is 0 Å². The van der Waals surface area contributed by atoms with Crippen molar-refractivity contribution >= 4 is 5.91 Å². The maximum Gasteiger partial charge on any atom is 0.225 e. The number of aromatic nitrogens is 2. The van der Waals surface area contributed by atoms with Crippen molar-refractivity contribution in [3.63, 3.8) is 0 Å². The fraction of sp³-hybridized carbons (Fsp3) is 0.500. The Kier molecular flexibility index (Phi) is 4.83. The van der Waals surface area contributed by atoms with Crippen molar-refractivity contribution in [2.75, 3.05) is 7.11 Å². The van der Waals surface area contributed by atoms with Crippen molar-refractivity contribution in [3.8, 4) is 5.75 Å². The molecule has 128 valence electrons. The summed E-state index contributed by atoms with van der Waals surface area (Å²) >= 11 is 0. The minimum atomic E-state index is -0.500. The van der Waals surface area contributed by atoms with Gasteiger partial charge in [0, 0.05) is 6.92 Å². The number of hydrogen-bond acceptors (Lipinski definition) is 5. The molecule has 0 radical (unpaired) electrons. The molecule has 1 saturated carbocycles. The van der Waals surface area contributed by atoms with Gasteiger partial charge in [0.1, 0.15) is 11.3 Å². The Balaban J connectivity index is 1.73. The molecule has 1 heterocycles. The Morgan fingerprint density at radius 3 is 2.54 bits per heavy atom. The van der Waals surface area contributed by atoms with E-state index in [9.17, 15) is 4.79 Å². The first-order chi connectivity index (χ1) is 11.6. The van der Waals surface area contributed by atoms with E-state index in [1.165, 1.54) is 6.42 Å². The average Bonchev–Trinajstić information content (AvgIpc) is 3.03. The van der Waals surface area contributed by atoms with Crippen LogP contribution >= 0.6 is 0 Å². The summed E-state index contributed by atoms with van der Waals surface area (Å²) in [5.41, 5.74) is 0.447. The first-order valence-corrected chi connectivity index (χ1v) is 8.36. The van der Waals surface area contributed by atoms with Crippen LogP contribution in [-0.4, -0.2) is 23.2 Å². The largest absolute Gasteiger partial charge is 0.497 e. The molecule has 6 heteroatoms. The van der Waals surface area contributed by atoms with E-state index in [1.54, 1.807) is 14.0 Å². The second-order valence-electron chi connectivity index (χ2n) is 6.35. The van der Waals surface area contributed by atoms with Crippen molar-refractivity contribution in [2.24, 2.45) is 0 Å². The predicted molar refractivity (Wildman–Crippen MR) is 88.6 cm³/mol. The fourth-order valence-electron chi connectivity index (χ4n) is 3.29. The lowest BCUT2D eigenvalue weighted by Gasteiger charge is -2.35. The number of carbonyl (C=O) groups excluding carboxylic acids is 1. The summed E-state index contributed by atoms with van der Waals surface area (Å²) in [4.78, 5) is 17.0. The number of methoxy groups -OCH3 is 1. The van der Waals surface area contributed by atoms with Gasteiger partial charge in [0.2, 0.25) is 11.8 Å². The van der Waals surface area contributed by atoms with Crippen LogP contribution in [0.5, 0.6) is 5.75 Å². The molecule has 1 aromatic heterocycles. The summed E-state index contributed by atoms with van der Waals surface area (Å²) in [5.74, 6) is 1.89. The average molecular weight is 329 g/mol. The smallest absolute Gasteiger partial charge is 0.225 e. The summed E-state index contributed by atoms with van der Waals surface area (Å²) in [6.07, 6.45) is 5.29. The molecule has 1 fully saturated rings. The minimum Gasteiger partial charge on any atom is -0.497 e. The number of benzene rings is 1. The van der Waals surface area contributed by atoms with E-state index in [0.29, 0.717) is 18.1 Å². The van der Waals surface area contributed by atoms with Crippen LogP contribution < -0.4 is 10.1 Å². The van der Waals surface area contributed by atoms with Crippen molar-refractivity contribution in [3.05, 3.63) is 41.5 Å². The molecule has 24 heavy (non-hydrogen) atoms. The zero-order chi connectivity index (χ0) is 17.0. The molecular weight excluding hydrogens is 306 g/mol. The third-order valence-corrected chi connectivity index (χ3v) is 4.57. The number of ether oxygens (including phenoxy) is 1. The third-order valence-electron chi connectivity index (χ3n) is 4.57. The van der Waals surface area contributed by atoms with E-state index in [0.717, 1.165) is 37.0 Å². The van der Waals surface area contributed by atoms with E-state index in [1.807, 2.05) is 24.3 Å². The number of carbonyl (C=O) groups is 1. The number of rotatable bonds is 5. The van der Waals surface area contributed by atoms with Crippen LogP contribution in [0.25, 0.3) is 0 Å². The molecule has 1 amide bonds. The first kappa shape index (κ1) is 16.5. The molecule has 1 aliphatic carbocycles. The standard InChI is InChI=1S/C18H23N3O3/c1-13-19-17(21-24-13)18(10-4-3-5-11-18)20-16(22)12-14-6-8-15(23-2)9-7-14/h6-9H,3-5,10-12H2,1-2H3,(H,20,22). The summed E-state index contributed by atoms with van der Waals surface area (Å²) in [6.45, 7) is 1.77. The van der Waals surface area contributed by atoms with Crippen LogP contribution in [0.15, 0.2) is 28.8 Å². The minimum absolute atomic E-state index is 0.0236. The normalized spacial score (nSPS) is 16.6. The third kappa shape index (κ3) is 3.58. The first-order valence-electron chi connectivity index (χ1n) is 8.36.